The van der Waals surface area contributed by atoms with E-state index in [0.29, 0.717) is 17.9 Å². The summed E-state index contributed by atoms with van der Waals surface area (Å²) in [4.78, 5) is 26.7. The van der Waals surface area contributed by atoms with E-state index < -0.39 is 0 Å². The Morgan fingerprint density at radius 3 is 2.25 bits per heavy atom. The Morgan fingerprint density at radius 2 is 1.57 bits per heavy atom. The van der Waals surface area contributed by atoms with Crippen LogP contribution in [-0.4, -0.2) is 22.5 Å². The number of thioether (sulfide) groups is 1. The molecule has 0 unspecified atom stereocenters. The Hall–Kier alpha value is -3.05. The highest BCUT2D eigenvalue weighted by atomic mass is 32.2. The van der Waals surface area contributed by atoms with Crippen molar-refractivity contribution in [3.63, 3.8) is 0 Å². The van der Waals surface area contributed by atoms with Gasteiger partial charge in [0.1, 0.15) is 5.37 Å². The van der Waals surface area contributed by atoms with Gasteiger partial charge in [0.05, 0.1) is 5.75 Å². The molecule has 1 saturated heterocycles. The summed E-state index contributed by atoms with van der Waals surface area (Å²) in [6.45, 7) is 0.591. The molecule has 0 saturated carbocycles. The molecule has 1 N–H and O–H groups in total. The highest BCUT2D eigenvalue weighted by molar-refractivity contribution is 8.00. The molecule has 0 radical (unpaired) electrons. The summed E-state index contributed by atoms with van der Waals surface area (Å²) in [6.07, 6.45) is 0. The molecular weight excluding hydrogens is 368 g/mol. The second kappa shape index (κ2) is 8.31. The molecule has 28 heavy (non-hydrogen) atoms. The third-order valence-corrected chi connectivity index (χ3v) is 5.91. The Morgan fingerprint density at radius 1 is 0.929 bits per heavy atom. The third-order valence-electron chi connectivity index (χ3n) is 4.65. The fourth-order valence-corrected chi connectivity index (χ4v) is 4.39. The number of carbonyl (C=O) groups is 2. The fraction of sp³-hybridized carbons (Fsp3) is 0.130. The summed E-state index contributed by atoms with van der Waals surface area (Å²) in [5.74, 6) is 0.479. The molecule has 3 aromatic rings. The largest absolute Gasteiger partial charge is 0.322 e. The monoisotopic (exact) mass is 388 g/mol. The highest BCUT2D eigenvalue weighted by Gasteiger charge is 2.32. The van der Waals surface area contributed by atoms with Crippen LogP contribution in [0.2, 0.25) is 0 Å². The van der Waals surface area contributed by atoms with Gasteiger partial charge >= 0.3 is 0 Å². The van der Waals surface area contributed by atoms with Crippen molar-refractivity contribution < 1.29 is 9.59 Å². The SMILES string of the molecule is O=C(Nc1ccccc1)c1ccc([C@@H]2SCC(=O)N2Cc2ccccc2)cc1. The minimum absolute atomic E-state index is 0.0288. The maximum Gasteiger partial charge on any atom is 0.255 e. The Bertz CT molecular complexity index is 959. The summed E-state index contributed by atoms with van der Waals surface area (Å²) in [6, 6.07) is 26.9. The zero-order valence-electron chi connectivity index (χ0n) is 15.2. The van der Waals surface area contributed by atoms with Gasteiger partial charge in [-0.3, -0.25) is 9.59 Å². The zero-order valence-corrected chi connectivity index (χ0v) is 16.1. The number of carbonyl (C=O) groups excluding carboxylic acids is 2. The van der Waals surface area contributed by atoms with Gasteiger partial charge in [0.25, 0.3) is 5.91 Å². The molecule has 4 nitrogen and oxygen atoms in total. The van der Waals surface area contributed by atoms with Gasteiger partial charge < -0.3 is 10.2 Å². The number of nitrogens with zero attached hydrogens (tertiary/aromatic N) is 1. The summed E-state index contributed by atoms with van der Waals surface area (Å²) < 4.78 is 0. The predicted octanol–water partition coefficient (Wildman–Crippen LogP) is 4.71. The molecule has 1 aliphatic heterocycles. The standard InChI is InChI=1S/C23H20N2O2S/c26-21-16-28-23(25(21)15-17-7-3-1-4-8-17)19-13-11-18(12-14-19)22(27)24-20-9-5-2-6-10-20/h1-14,23H,15-16H2,(H,24,27)/t23-/m0/s1. The van der Waals surface area contributed by atoms with E-state index >= 15 is 0 Å². The van der Waals surface area contributed by atoms with Crippen LogP contribution in [0.4, 0.5) is 5.69 Å². The summed E-state index contributed by atoms with van der Waals surface area (Å²) in [7, 11) is 0. The molecule has 2 amide bonds. The first-order valence-electron chi connectivity index (χ1n) is 9.12. The number of benzene rings is 3. The van der Waals surface area contributed by atoms with E-state index in [1.54, 1.807) is 11.8 Å². The van der Waals surface area contributed by atoms with Crippen molar-refractivity contribution in [2.75, 3.05) is 11.1 Å². The molecule has 0 aromatic heterocycles. The van der Waals surface area contributed by atoms with Crippen LogP contribution in [0.25, 0.3) is 0 Å². The van der Waals surface area contributed by atoms with Crippen LogP contribution in [0.1, 0.15) is 26.9 Å². The van der Waals surface area contributed by atoms with Crippen LogP contribution < -0.4 is 5.32 Å². The lowest BCUT2D eigenvalue weighted by Crippen LogP contribution is -2.27. The Kier molecular flexibility index (Phi) is 5.44. The molecule has 1 fully saturated rings. The van der Waals surface area contributed by atoms with Crippen LogP contribution in [0, 0.1) is 0 Å². The maximum atomic E-state index is 12.4. The molecular formula is C23H20N2O2S. The fourth-order valence-electron chi connectivity index (χ4n) is 3.21. The van der Waals surface area contributed by atoms with Crippen molar-refractivity contribution in [1.82, 2.24) is 4.90 Å². The molecule has 1 heterocycles. The summed E-state index contributed by atoms with van der Waals surface area (Å²) >= 11 is 1.62. The van der Waals surface area contributed by atoms with E-state index in [-0.39, 0.29) is 17.2 Å². The first-order chi connectivity index (χ1) is 13.7. The number of hydrogen-bond donors (Lipinski definition) is 1. The minimum atomic E-state index is -0.144. The number of para-hydroxylation sites is 1. The van der Waals surface area contributed by atoms with Crippen molar-refractivity contribution in [3.05, 3.63) is 102 Å². The summed E-state index contributed by atoms with van der Waals surface area (Å²) in [5, 5.41) is 2.86. The lowest BCUT2D eigenvalue weighted by molar-refractivity contribution is -0.128. The smallest absolute Gasteiger partial charge is 0.255 e. The van der Waals surface area contributed by atoms with Crippen molar-refractivity contribution in [2.45, 2.75) is 11.9 Å². The van der Waals surface area contributed by atoms with Crippen LogP contribution in [-0.2, 0) is 11.3 Å². The predicted molar refractivity (Wildman–Crippen MR) is 113 cm³/mol. The third kappa shape index (κ3) is 4.10. The van der Waals surface area contributed by atoms with E-state index in [1.807, 2.05) is 89.8 Å². The number of rotatable bonds is 5. The molecule has 5 heteroatoms. The van der Waals surface area contributed by atoms with Gasteiger partial charge in [-0.05, 0) is 35.4 Å². The van der Waals surface area contributed by atoms with Gasteiger partial charge in [-0.2, -0.15) is 0 Å². The topological polar surface area (TPSA) is 49.4 Å². The van der Waals surface area contributed by atoms with Crippen LogP contribution in [0.5, 0.6) is 0 Å². The summed E-state index contributed by atoms with van der Waals surface area (Å²) in [5.41, 5.74) is 3.50. The van der Waals surface area contributed by atoms with E-state index in [4.69, 9.17) is 0 Å². The van der Waals surface area contributed by atoms with E-state index in [9.17, 15) is 9.59 Å². The van der Waals surface area contributed by atoms with Crippen LogP contribution in [0.3, 0.4) is 0 Å². The molecule has 3 aromatic carbocycles. The maximum absolute atomic E-state index is 12.4. The first-order valence-corrected chi connectivity index (χ1v) is 10.2. The molecule has 1 atom stereocenters. The normalized spacial score (nSPS) is 16.2. The average Bonchev–Trinajstić information content (AvgIpc) is 3.10. The second-order valence-corrected chi connectivity index (χ2v) is 7.68. The van der Waals surface area contributed by atoms with Gasteiger partial charge in [0.15, 0.2) is 0 Å². The minimum Gasteiger partial charge on any atom is -0.322 e. The van der Waals surface area contributed by atoms with Crippen molar-refractivity contribution >= 4 is 29.3 Å². The first kappa shape index (κ1) is 18.3. The number of hydrogen-bond acceptors (Lipinski definition) is 3. The Labute approximate surface area is 168 Å². The molecule has 4 rings (SSSR count). The van der Waals surface area contributed by atoms with Gasteiger partial charge in [-0.25, -0.2) is 0 Å². The van der Waals surface area contributed by atoms with Crippen molar-refractivity contribution in [3.8, 4) is 0 Å². The van der Waals surface area contributed by atoms with Gasteiger partial charge in [-0.1, -0.05) is 60.7 Å². The number of amides is 2. The molecule has 0 spiro atoms. The molecule has 0 aliphatic carbocycles. The van der Waals surface area contributed by atoms with Crippen LogP contribution in [0.15, 0.2) is 84.9 Å². The zero-order chi connectivity index (χ0) is 19.3. The molecule has 0 bridgehead atoms. The van der Waals surface area contributed by atoms with Crippen LogP contribution >= 0.6 is 11.8 Å². The van der Waals surface area contributed by atoms with Crippen molar-refractivity contribution in [1.29, 1.82) is 0 Å². The number of anilines is 1. The molecule has 140 valence electrons. The Balaban J connectivity index is 1.48. The van der Waals surface area contributed by atoms with Gasteiger partial charge in [0, 0.05) is 17.8 Å². The average molecular weight is 388 g/mol. The lowest BCUT2D eigenvalue weighted by atomic mass is 10.1. The van der Waals surface area contributed by atoms with Crippen molar-refractivity contribution in [2.24, 2.45) is 0 Å². The van der Waals surface area contributed by atoms with E-state index in [0.717, 1.165) is 16.8 Å². The molecule has 1 aliphatic rings. The highest BCUT2D eigenvalue weighted by Crippen LogP contribution is 2.39. The second-order valence-electron chi connectivity index (χ2n) is 6.61. The van der Waals surface area contributed by atoms with Gasteiger partial charge in [-0.15, -0.1) is 11.8 Å². The quantitative estimate of drug-likeness (QED) is 0.688. The van der Waals surface area contributed by atoms with Gasteiger partial charge in [0.2, 0.25) is 5.91 Å². The lowest BCUT2D eigenvalue weighted by Gasteiger charge is -2.24. The van der Waals surface area contributed by atoms with E-state index in [2.05, 4.69) is 5.32 Å². The van der Waals surface area contributed by atoms with E-state index in [1.165, 1.54) is 0 Å². The number of nitrogens with one attached hydrogen (secondary N) is 1.